The highest BCUT2D eigenvalue weighted by Gasteiger charge is 2.35. The fraction of sp³-hybridized carbons (Fsp3) is 0.0833. The maximum Gasteiger partial charge on any atom is 0.271 e. The highest BCUT2D eigenvalue weighted by atomic mass is 79.9. The van der Waals surface area contributed by atoms with E-state index in [1.54, 1.807) is 4.90 Å². The van der Waals surface area contributed by atoms with Crippen LogP contribution in [-0.4, -0.2) is 17.7 Å². The van der Waals surface area contributed by atoms with Crippen LogP contribution in [0, 0.1) is 0 Å². The number of carbonyl (C=O) groups excluding carboxylic acids is 1. The number of amidine groups is 1. The third-order valence-electron chi connectivity index (χ3n) is 4.41. The number of thioether (sulfide) groups is 1. The average molecular weight is 558 g/mol. The molecule has 1 fully saturated rings. The van der Waals surface area contributed by atoms with E-state index in [0.717, 1.165) is 25.9 Å². The molecule has 31 heavy (non-hydrogen) atoms. The minimum atomic E-state index is -0.121. The lowest BCUT2D eigenvalue weighted by Gasteiger charge is -2.15. The number of carbonyl (C=O) groups is 1. The summed E-state index contributed by atoms with van der Waals surface area (Å²) in [6.45, 7) is 2.46. The first-order valence-corrected chi connectivity index (χ1v) is 12.0. The Bertz CT molecular complexity index is 1160. The van der Waals surface area contributed by atoms with Crippen LogP contribution in [0.4, 0.5) is 11.4 Å². The molecule has 7 heteroatoms. The second-order valence-corrected chi connectivity index (χ2v) is 9.33. The van der Waals surface area contributed by atoms with E-state index in [1.165, 1.54) is 11.8 Å². The zero-order valence-electron chi connectivity index (χ0n) is 16.6. The van der Waals surface area contributed by atoms with E-state index < -0.39 is 0 Å². The molecule has 0 spiro atoms. The number of hydrogen-bond donors (Lipinski definition) is 0. The van der Waals surface area contributed by atoms with Crippen molar-refractivity contribution in [2.45, 2.75) is 6.92 Å². The number of rotatable bonds is 5. The molecule has 0 aliphatic carbocycles. The van der Waals surface area contributed by atoms with Crippen LogP contribution in [0.1, 0.15) is 12.5 Å². The number of anilines is 1. The highest BCUT2D eigenvalue weighted by Crippen LogP contribution is 2.40. The van der Waals surface area contributed by atoms with E-state index in [9.17, 15) is 4.79 Å². The van der Waals surface area contributed by atoms with E-state index in [4.69, 9.17) is 9.73 Å². The third-order valence-corrected chi connectivity index (χ3v) is 6.43. The van der Waals surface area contributed by atoms with Crippen LogP contribution in [-0.2, 0) is 4.79 Å². The van der Waals surface area contributed by atoms with Gasteiger partial charge in [-0.2, -0.15) is 0 Å². The molecule has 0 N–H and O–H groups in total. The number of nitrogens with zero attached hydrogens (tertiary/aromatic N) is 2. The van der Waals surface area contributed by atoms with Gasteiger partial charge in [0, 0.05) is 10.0 Å². The van der Waals surface area contributed by atoms with Crippen molar-refractivity contribution in [2.24, 2.45) is 4.99 Å². The predicted octanol–water partition coefficient (Wildman–Crippen LogP) is 7.42. The molecule has 0 aromatic heterocycles. The van der Waals surface area contributed by atoms with Crippen molar-refractivity contribution in [1.29, 1.82) is 0 Å². The first-order valence-electron chi connectivity index (χ1n) is 9.61. The lowest BCUT2D eigenvalue weighted by atomic mass is 10.2. The van der Waals surface area contributed by atoms with Crippen molar-refractivity contribution in [3.8, 4) is 5.75 Å². The molecule has 0 saturated carbocycles. The van der Waals surface area contributed by atoms with Gasteiger partial charge in [0.25, 0.3) is 5.91 Å². The lowest BCUT2D eigenvalue weighted by molar-refractivity contribution is -0.113. The van der Waals surface area contributed by atoms with Crippen molar-refractivity contribution in [3.05, 3.63) is 92.2 Å². The van der Waals surface area contributed by atoms with Crippen LogP contribution in [0.3, 0.4) is 0 Å². The molecule has 1 saturated heterocycles. The first kappa shape index (κ1) is 21.9. The topological polar surface area (TPSA) is 41.9 Å². The standard InChI is InChI=1S/C24H18Br2N2O2S/c1-2-30-22-16(13-17(25)15-20(22)26)14-21-23(29)28(19-11-7-4-8-12-19)24(31-21)27-18-9-5-3-6-10-18/h3-15H,2H2,1H3/b21-14+,27-24?. The summed E-state index contributed by atoms with van der Waals surface area (Å²) in [4.78, 5) is 20.4. The van der Waals surface area contributed by atoms with Crippen LogP contribution < -0.4 is 9.64 Å². The van der Waals surface area contributed by atoms with Crippen LogP contribution in [0.25, 0.3) is 6.08 Å². The Kier molecular flexibility index (Phi) is 6.95. The normalized spacial score (nSPS) is 16.4. The summed E-state index contributed by atoms with van der Waals surface area (Å²) in [6.07, 6.45) is 1.86. The molecule has 1 heterocycles. The van der Waals surface area contributed by atoms with Gasteiger partial charge in [-0.05, 0) is 77.1 Å². The number of para-hydroxylation sites is 2. The molecule has 4 nitrogen and oxygen atoms in total. The van der Waals surface area contributed by atoms with Crippen molar-refractivity contribution in [2.75, 3.05) is 11.5 Å². The molecule has 3 aromatic carbocycles. The molecular weight excluding hydrogens is 540 g/mol. The summed E-state index contributed by atoms with van der Waals surface area (Å²) in [7, 11) is 0. The van der Waals surface area contributed by atoms with E-state index in [-0.39, 0.29) is 5.91 Å². The molecular formula is C24H18Br2N2O2S. The highest BCUT2D eigenvalue weighted by molar-refractivity contribution is 9.11. The number of aliphatic imine (C=N–C) groups is 1. The second-order valence-electron chi connectivity index (χ2n) is 6.56. The number of amides is 1. The average Bonchev–Trinajstić information content (AvgIpc) is 3.06. The second kappa shape index (κ2) is 9.85. The lowest BCUT2D eigenvalue weighted by Crippen LogP contribution is -2.28. The van der Waals surface area contributed by atoms with E-state index in [1.807, 2.05) is 85.8 Å². The number of hydrogen-bond acceptors (Lipinski definition) is 4. The first-order chi connectivity index (χ1) is 15.1. The van der Waals surface area contributed by atoms with Crippen LogP contribution in [0.15, 0.2) is 91.6 Å². The Hall–Kier alpha value is -2.35. The third kappa shape index (κ3) is 4.95. The Labute approximate surface area is 202 Å². The summed E-state index contributed by atoms with van der Waals surface area (Å²) in [6, 6.07) is 23.1. The summed E-state index contributed by atoms with van der Waals surface area (Å²) >= 11 is 8.44. The molecule has 4 rings (SSSR count). The van der Waals surface area contributed by atoms with Gasteiger partial charge in [0.05, 0.1) is 27.4 Å². The van der Waals surface area contributed by atoms with Crippen molar-refractivity contribution in [1.82, 2.24) is 0 Å². The molecule has 0 unspecified atom stereocenters. The predicted molar refractivity (Wildman–Crippen MR) is 136 cm³/mol. The summed E-state index contributed by atoms with van der Waals surface area (Å²) in [5.41, 5.74) is 2.38. The summed E-state index contributed by atoms with van der Waals surface area (Å²) < 4.78 is 7.54. The minimum Gasteiger partial charge on any atom is -0.492 e. The molecule has 0 bridgehead atoms. The number of halogens is 2. The van der Waals surface area contributed by atoms with Gasteiger partial charge in [-0.15, -0.1) is 0 Å². The van der Waals surface area contributed by atoms with Gasteiger partial charge in [0.1, 0.15) is 5.75 Å². The molecule has 156 valence electrons. The largest absolute Gasteiger partial charge is 0.492 e. The minimum absolute atomic E-state index is 0.121. The Balaban J connectivity index is 1.81. The maximum absolute atomic E-state index is 13.4. The quantitative estimate of drug-likeness (QED) is 0.306. The van der Waals surface area contributed by atoms with E-state index >= 15 is 0 Å². The summed E-state index contributed by atoms with van der Waals surface area (Å²) in [5.74, 6) is 0.579. The van der Waals surface area contributed by atoms with Crippen LogP contribution in [0.2, 0.25) is 0 Å². The fourth-order valence-electron chi connectivity index (χ4n) is 3.09. The van der Waals surface area contributed by atoms with Gasteiger partial charge in [-0.25, -0.2) is 4.99 Å². The fourth-order valence-corrected chi connectivity index (χ4v) is 5.46. The van der Waals surface area contributed by atoms with Gasteiger partial charge in [0.15, 0.2) is 5.17 Å². The number of ether oxygens (including phenoxy) is 1. The molecule has 1 aliphatic heterocycles. The van der Waals surface area contributed by atoms with Crippen molar-refractivity contribution in [3.63, 3.8) is 0 Å². The van der Waals surface area contributed by atoms with Crippen LogP contribution >= 0.6 is 43.6 Å². The number of benzene rings is 3. The zero-order chi connectivity index (χ0) is 21.8. The van der Waals surface area contributed by atoms with Crippen LogP contribution in [0.5, 0.6) is 5.75 Å². The van der Waals surface area contributed by atoms with Crippen molar-refractivity contribution < 1.29 is 9.53 Å². The van der Waals surface area contributed by atoms with Gasteiger partial charge in [-0.3, -0.25) is 9.69 Å². The Morgan fingerprint density at radius 1 is 1.03 bits per heavy atom. The van der Waals surface area contributed by atoms with Gasteiger partial charge in [-0.1, -0.05) is 52.3 Å². The molecule has 1 aliphatic rings. The van der Waals surface area contributed by atoms with E-state index in [2.05, 4.69) is 31.9 Å². The Morgan fingerprint density at radius 2 is 1.71 bits per heavy atom. The monoisotopic (exact) mass is 556 g/mol. The van der Waals surface area contributed by atoms with Gasteiger partial charge < -0.3 is 4.74 Å². The van der Waals surface area contributed by atoms with Crippen molar-refractivity contribution >= 4 is 72.1 Å². The van der Waals surface area contributed by atoms with Gasteiger partial charge >= 0.3 is 0 Å². The Morgan fingerprint density at radius 3 is 2.39 bits per heavy atom. The maximum atomic E-state index is 13.4. The summed E-state index contributed by atoms with van der Waals surface area (Å²) in [5, 5.41) is 0.612. The van der Waals surface area contributed by atoms with E-state index in [0.29, 0.717) is 22.4 Å². The molecule has 3 aromatic rings. The molecule has 1 amide bonds. The SMILES string of the molecule is CCOc1c(Br)cc(Br)cc1/C=C1/SC(=Nc2ccccc2)N(c2ccccc2)C1=O. The molecule has 0 atom stereocenters. The van der Waals surface area contributed by atoms with Gasteiger partial charge in [0.2, 0.25) is 0 Å². The molecule has 0 radical (unpaired) electrons. The zero-order valence-corrected chi connectivity index (χ0v) is 20.6. The smallest absolute Gasteiger partial charge is 0.271 e.